The molecule has 10 heteroatoms. The first-order valence-corrected chi connectivity index (χ1v) is 12.1. The van der Waals surface area contributed by atoms with Crippen molar-refractivity contribution >= 4 is 22.5 Å². The monoisotopic (exact) mass is 502 g/mol. The number of nitrogens with zero attached hydrogens (tertiary/aromatic N) is 4. The van der Waals surface area contributed by atoms with Crippen LogP contribution in [0.2, 0.25) is 0 Å². The first-order chi connectivity index (χ1) is 17.8. The molecule has 0 bridgehead atoms. The van der Waals surface area contributed by atoms with Crippen molar-refractivity contribution in [3.8, 4) is 11.8 Å². The molecule has 0 aliphatic carbocycles. The molecular weight excluding hydrogens is 472 g/mol. The minimum atomic E-state index is -0.884. The second-order valence-electron chi connectivity index (χ2n) is 9.41. The SMILES string of the molecule is COc1ccc2ncc(C#N)c(CCN3CCC(NCc4ccc(C)c([N+](=O)[O-])c4)(C(N)=O)CC3)c2c1. The molecule has 1 aliphatic rings. The molecule has 10 nitrogen and oxygen atoms in total. The number of ether oxygens (including phenoxy) is 1. The molecule has 0 atom stereocenters. The Hall–Kier alpha value is -4.07. The van der Waals surface area contributed by atoms with Gasteiger partial charge in [0.2, 0.25) is 5.91 Å². The first kappa shape index (κ1) is 26.0. The number of nitro groups is 1. The maximum absolute atomic E-state index is 12.5. The molecule has 1 saturated heterocycles. The summed E-state index contributed by atoms with van der Waals surface area (Å²) in [4.78, 5) is 30.0. The van der Waals surface area contributed by atoms with Crippen LogP contribution in [0.25, 0.3) is 10.9 Å². The van der Waals surface area contributed by atoms with E-state index >= 15 is 0 Å². The van der Waals surface area contributed by atoms with Crippen molar-refractivity contribution in [2.45, 2.75) is 38.3 Å². The number of pyridine rings is 1. The van der Waals surface area contributed by atoms with Gasteiger partial charge in [-0.3, -0.25) is 25.2 Å². The number of fused-ring (bicyclic) bond motifs is 1. The van der Waals surface area contributed by atoms with E-state index in [-0.39, 0.29) is 5.69 Å². The lowest BCUT2D eigenvalue weighted by molar-refractivity contribution is -0.385. The van der Waals surface area contributed by atoms with Gasteiger partial charge in [-0.2, -0.15) is 5.26 Å². The zero-order valence-corrected chi connectivity index (χ0v) is 21.0. The van der Waals surface area contributed by atoms with E-state index in [4.69, 9.17) is 10.5 Å². The van der Waals surface area contributed by atoms with Gasteiger partial charge < -0.3 is 15.4 Å². The number of rotatable bonds is 9. The van der Waals surface area contributed by atoms with Crippen LogP contribution in [0.4, 0.5) is 5.69 Å². The Morgan fingerprint density at radius 3 is 2.70 bits per heavy atom. The van der Waals surface area contributed by atoms with Crippen LogP contribution in [-0.2, 0) is 17.8 Å². The van der Waals surface area contributed by atoms with Gasteiger partial charge in [0.05, 0.1) is 23.1 Å². The number of likely N-dealkylation sites (tertiary alicyclic amines) is 1. The van der Waals surface area contributed by atoms with Gasteiger partial charge in [-0.05, 0) is 55.5 Å². The lowest BCUT2D eigenvalue weighted by Crippen LogP contribution is -2.60. The van der Waals surface area contributed by atoms with Gasteiger partial charge in [0.1, 0.15) is 17.4 Å². The van der Waals surface area contributed by atoms with Crippen molar-refractivity contribution in [1.82, 2.24) is 15.2 Å². The number of hydrogen-bond donors (Lipinski definition) is 2. The smallest absolute Gasteiger partial charge is 0.272 e. The molecule has 3 N–H and O–H groups in total. The van der Waals surface area contributed by atoms with E-state index in [1.165, 1.54) is 6.07 Å². The van der Waals surface area contributed by atoms with E-state index in [1.807, 2.05) is 24.3 Å². The molecule has 192 valence electrons. The third-order valence-corrected chi connectivity index (χ3v) is 7.27. The number of nitrogens with one attached hydrogen (secondary N) is 1. The second-order valence-corrected chi connectivity index (χ2v) is 9.41. The Bertz CT molecular complexity index is 1380. The molecular formula is C27H30N6O4. The van der Waals surface area contributed by atoms with Gasteiger partial charge in [0.25, 0.3) is 5.69 Å². The van der Waals surface area contributed by atoms with E-state index in [0.29, 0.717) is 62.3 Å². The average molecular weight is 503 g/mol. The van der Waals surface area contributed by atoms with Crippen molar-refractivity contribution in [1.29, 1.82) is 5.26 Å². The number of methoxy groups -OCH3 is 1. The summed E-state index contributed by atoms with van der Waals surface area (Å²) in [5.41, 5.74) is 8.59. The number of carbonyl (C=O) groups is 1. The number of nitrogens with two attached hydrogens (primary N) is 1. The number of aromatic nitrogens is 1. The number of amides is 1. The van der Waals surface area contributed by atoms with Crippen molar-refractivity contribution in [3.63, 3.8) is 0 Å². The van der Waals surface area contributed by atoms with Crippen LogP contribution in [0.1, 0.15) is 35.1 Å². The fourth-order valence-electron chi connectivity index (χ4n) is 4.89. The zero-order valence-electron chi connectivity index (χ0n) is 21.0. The predicted octanol–water partition coefficient (Wildman–Crippen LogP) is 2.98. The van der Waals surface area contributed by atoms with E-state index < -0.39 is 16.4 Å². The molecule has 1 amide bonds. The number of hydrogen-bond acceptors (Lipinski definition) is 8. The van der Waals surface area contributed by atoms with E-state index in [9.17, 15) is 20.2 Å². The van der Waals surface area contributed by atoms with Crippen molar-refractivity contribution in [3.05, 3.63) is 75.0 Å². The number of nitro benzene ring substituents is 1. The van der Waals surface area contributed by atoms with Crippen LogP contribution < -0.4 is 15.8 Å². The Morgan fingerprint density at radius 2 is 2.05 bits per heavy atom. The standard InChI is InChI=1S/C27H30N6O4/c1-18-3-4-19(13-25(18)33(35)36)16-31-27(26(29)34)8-11-32(12-9-27)10-7-22-20(15-28)17-30-24-6-5-21(37-2)14-23(22)24/h3-6,13-14,17,31H,7-12,16H2,1-2H3,(H2,29,34). The molecule has 0 saturated carbocycles. The molecule has 1 aromatic heterocycles. The summed E-state index contributed by atoms with van der Waals surface area (Å²) in [5, 5.41) is 25.1. The van der Waals surface area contributed by atoms with E-state index in [2.05, 4.69) is 21.3 Å². The lowest BCUT2D eigenvalue weighted by Gasteiger charge is -2.40. The fourth-order valence-corrected chi connectivity index (χ4v) is 4.89. The van der Waals surface area contributed by atoms with Crippen molar-refractivity contribution in [2.75, 3.05) is 26.7 Å². The summed E-state index contributed by atoms with van der Waals surface area (Å²) < 4.78 is 5.36. The normalized spacial score (nSPS) is 15.3. The molecule has 0 spiro atoms. The minimum Gasteiger partial charge on any atom is -0.497 e. The molecule has 1 aliphatic heterocycles. The van der Waals surface area contributed by atoms with Gasteiger partial charge in [-0.15, -0.1) is 0 Å². The summed E-state index contributed by atoms with van der Waals surface area (Å²) in [5.74, 6) is 0.285. The molecule has 1 fully saturated rings. The Balaban J connectivity index is 1.43. The topological polar surface area (TPSA) is 147 Å². The highest BCUT2D eigenvalue weighted by Gasteiger charge is 2.39. The fraction of sp³-hybridized carbons (Fsp3) is 0.370. The number of carbonyl (C=O) groups excluding carboxylic acids is 1. The number of nitriles is 1. The highest BCUT2D eigenvalue weighted by Crippen LogP contribution is 2.28. The third-order valence-electron chi connectivity index (χ3n) is 7.27. The van der Waals surface area contributed by atoms with Gasteiger partial charge in [0, 0.05) is 49.4 Å². The summed E-state index contributed by atoms with van der Waals surface area (Å²) in [6.45, 7) is 4.02. The zero-order chi connectivity index (χ0) is 26.6. The minimum absolute atomic E-state index is 0.0558. The molecule has 3 aromatic rings. The Morgan fingerprint density at radius 1 is 1.30 bits per heavy atom. The average Bonchev–Trinajstić information content (AvgIpc) is 2.91. The maximum atomic E-state index is 12.5. The Kier molecular flexibility index (Phi) is 7.66. The molecule has 37 heavy (non-hydrogen) atoms. The van der Waals surface area contributed by atoms with Crippen LogP contribution in [-0.4, -0.2) is 53.0 Å². The van der Waals surface area contributed by atoms with Crippen LogP contribution in [0.15, 0.2) is 42.6 Å². The van der Waals surface area contributed by atoms with Gasteiger partial charge in [0.15, 0.2) is 0 Å². The number of benzene rings is 2. The summed E-state index contributed by atoms with van der Waals surface area (Å²) in [6.07, 6.45) is 3.30. The van der Waals surface area contributed by atoms with Gasteiger partial charge in [-0.25, -0.2) is 0 Å². The third kappa shape index (κ3) is 5.53. The van der Waals surface area contributed by atoms with Crippen molar-refractivity contribution < 1.29 is 14.5 Å². The molecule has 2 aromatic carbocycles. The molecule has 4 rings (SSSR count). The highest BCUT2D eigenvalue weighted by atomic mass is 16.6. The summed E-state index contributed by atoms with van der Waals surface area (Å²) in [7, 11) is 1.61. The Labute approximate surface area is 215 Å². The predicted molar refractivity (Wildman–Crippen MR) is 139 cm³/mol. The largest absolute Gasteiger partial charge is 0.497 e. The second kappa shape index (κ2) is 10.9. The van der Waals surface area contributed by atoms with Crippen LogP contribution in [0, 0.1) is 28.4 Å². The van der Waals surface area contributed by atoms with E-state index in [1.54, 1.807) is 26.3 Å². The lowest BCUT2D eigenvalue weighted by atomic mass is 9.86. The summed E-state index contributed by atoms with van der Waals surface area (Å²) >= 11 is 0. The van der Waals surface area contributed by atoms with Crippen LogP contribution in [0.5, 0.6) is 5.75 Å². The van der Waals surface area contributed by atoms with Crippen LogP contribution in [0.3, 0.4) is 0 Å². The molecule has 0 radical (unpaired) electrons. The maximum Gasteiger partial charge on any atom is 0.272 e. The number of primary amides is 1. The van der Waals surface area contributed by atoms with E-state index in [0.717, 1.165) is 22.0 Å². The quantitative estimate of drug-likeness (QED) is 0.335. The number of aryl methyl sites for hydroxylation is 1. The van der Waals surface area contributed by atoms with Crippen molar-refractivity contribution in [2.24, 2.45) is 5.73 Å². The number of piperidine rings is 1. The first-order valence-electron chi connectivity index (χ1n) is 12.1. The molecule has 2 heterocycles. The van der Waals surface area contributed by atoms with Gasteiger partial charge >= 0.3 is 0 Å². The summed E-state index contributed by atoms with van der Waals surface area (Å²) in [6, 6.07) is 13.0. The van der Waals surface area contributed by atoms with Gasteiger partial charge in [-0.1, -0.05) is 12.1 Å². The molecule has 0 unspecified atom stereocenters. The highest BCUT2D eigenvalue weighted by molar-refractivity contribution is 5.86. The van der Waals surface area contributed by atoms with Crippen LogP contribution >= 0.6 is 0 Å².